The Kier molecular flexibility index (Phi) is 8.06. The average molecular weight is 513 g/mol. The third-order valence-corrected chi connectivity index (χ3v) is 6.83. The molecule has 1 aromatic heterocycles. The van der Waals surface area contributed by atoms with E-state index in [-0.39, 0.29) is 11.8 Å². The highest BCUT2D eigenvalue weighted by molar-refractivity contribution is 6.05. The maximum atomic E-state index is 12.7. The minimum Gasteiger partial charge on any atom is -0.382 e. The number of rotatable bonds is 8. The van der Waals surface area contributed by atoms with Crippen LogP contribution in [0.15, 0.2) is 78.2 Å². The molecule has 3 aromatic rings. The molecule has 0 aliphatic carbocycles. The zero-order valence-corrected chi connectivity index (χ0v) is 21.5. The van der Waals surface area contributed by atoms with Crippen LogP contribution < -0.4 is 10.6 Å². The van der Waals surface area contributed by atoms with Crippen LogP contribution in [-0.4, -0.2) is 78.2 Å². The van der Waals surface area contributed by atoms with Crippen molar-refractivity contribution < 1.29 is 14.4 Å². The van der Waals surface area contributed by atoms with Gasteiger partial charge in [0.15, 0.2) is 0 Å². The Labute approximate surface area is 222 Å². The van der Waals surface area contributed by atoms with Gasteiger partial charge in [-0.25, -0.2) is 0 Å². The van der Waals surface area contributed by atoms with Crippen LogP contribution in [0.2, 0.25) is 0 Å². The minimum atomic E-state index is -0.675. The first-order valence-corrected chi connectivity index (χ1v) is 12.8. The molecule has 2 aliphatic rings. The quantitative estimate of drug-likeness (QED) is 0.482. The fourth-order valence-corrected chi connectivity index (χ4v) is 4.57. The number of pyridine rings is 1. The van der Waals surface area contributed by atoms with Crippen molar-refractivity contribution in [3.05, 3.63) is 89.7 Å². The van der Waals surface area contributed by atoms with Crippen molar-refractivity contribution >= 4 is 28.9 Å². The maximum absolute atomic E-state index is 12.7. The van der Waals surface area contributed by atoms with Gasteiger partial charge in [0.05, 0.1) is 12.3 Å². The minimum absolute atomic E-state index is 0.00450. The summed E-state index contributed by atoms with van der Waals surface area (Å²) in [5.41, 5.74) is 5.18. The second-order valence-electron chi connectivity index (χ2n) is 9.73. The lowest BCUT2D eigenvalue weighted by Crippen LogP contribution is -2.47. The Morgan fingerprint density at radius 2 is 1.76 bits per heavy atom. The van der Waals surface area contributed by atoms with E-state index in [1.165, 1.54) is 0 Å². The number of para-hydroxylation sites is 1. The monoisotopic (exact) mass is 512 g/mol. The predicted molar refractivity (Wildman–Crippen MR) is 147 cm³/mol. The van der Waals surface area contributed by atoms with E-state index in [2.05, 4.69) is 37.6 Å². The second kappa shape index (κ2) is 12.0. The number of benzene rings is 2. The number of piperazine rings is 1. The predicted octanol–water partition coefficient (Wildman–Crippen LogP) is 2.99. The SMILES string of the molecule is CN1CCN(CC(=O)Nc2ccccc2Cc2ccc(NC(=O)C3CC(c4cccnc4)=NO3)cc2)CC1. The molecule has 2 aliphatic heterocycles. The molecular formula is C29H32N6O3. The lowest BCUT2D eigenvalue weighted by atomic mass is 10.0. The van der Waals surface area contributed by atoms with E-state index < -0.39 is 6.10 Å². The molecule has 2 aromatic carbocycles. The number of anilines is 2. The summed E-state index contributed by atoms with van der Waals surface area (Å²) in [7, 11) is 2.10. The largest absolute Gasteiger partial charge is 0.382 e. The molecule has 9 heteroatoms. The zero-order chi connectivity index (χ0) is 26.3. The first-order valence-electron chi connectivity index (χ1n) is 12.8. The van der Waals surface area contributed by atoms with Gasteiger partial charge in [-0.05, 0) is 54.9 Å². The number of carbonyl (C=O) groups excluding carboxylic acids is 2. The molecule has 0 bridgehead atoms. The molecule has 38 heavy (non-hydrogen) atoms. The van der Waals surface area contributed by atoms with Crippen LogP contribution >= 0.6 is 0 Å². The molecule has 1 saturated heterocycles. The summed E-state index contributed by atoms with van der Waals surface area (Å²) in [6.45, 7) is 4.17. The molecule has 1 fully saturated rings. The molecule has 9 nitrogen and oxygen atoms in total. The molecule has 5 rings (SSSR count). The first-order chi connectivity index (χ1) is 18.5. The third-order valence-electron chi connectivity index (χ3n) is 6.83. The van der Waals surface area contributed by atoms with E-state index in [1.54, 1.807) is 12.4 Å². The smallest absolute Gasteiger partial charge is 0.268 e. The van der Waals surface area contributed by atoms with E-state index >= 15 is 0 Å². The van der Waals surface area contributed by atoms with Crippen molar-refractivity contribution in [2.75, 3.05) is 50.4 Å². The van der Waals surface area contributed by atoms with Crippen molar-refractivity contribution in [1.82, 2.24) is 14.8 Å². The van der Waals surface area contributed by atoms with Crippen molar-refractivity contribution in [2.24, 2.45) is 5.16 Å². The molecular weight excluding hydrogens is 480 g/mol. The van der Waals surface area contributed by atoms with Crippen molar-refractivity contribution in [3.8, 4) is 0 Å². The van der Waals surface area contributed by atoms with Gasteiger partial charge in [-0.2, -0.15) is 0 Å². The Morgan fingerprint density at radius 3 is 2.53 bits per heavy atom. The van der Waals surface area contributed by atoms with Gasteiger partial charge < -0.3 is 20.4 Å². The lowest BCUT2D eigenvalue weighted by Gasteiger charge is -2.31. The number of aromatic nitrogens is 1. The highest BCUT2D eigenvalue weighted by Gasteiger charge is 2.29. The molecule has 2 amide bonds. The van der Waals surface area contributed by atoms with Crippen LogP contribution in [0.4, 0.5) is 11.4 Å². The normalized spacial score (nSPS) is 17.9. The number of nitrogens with zero attached hydrogens (tertiary/aromatic N) is 4. The van der Waals surface area contributed by atoms with Crippen LogP contribution in [0.5, 0.6) is 0 Å². The molecule has 0 saturated carbocycles. The standard InChI is InChI=1S/C29H32N6O3/c1-34-13-15-35(16-14-34)20-28(36)32-25-7-3-2-5-22(25)17-21-8-10-24(11-9-21)31-29(37)27-18-26(33-38-27)23-6-4-12-30-19-23/h2-12,19,27H,13-18,20H2,1H3,(H,31,37)(H,32,36). The van der Waals surface area contributed by atoms with Crippen LogP contribution in [-0.2, 0) is 20.8 Å². The third kappa shape index (κ3) is 6.62. The van der Waals surface area contributed by atoms with Gasteiger partial charge in [0.2, 0.25) is 12.0 Å². The number of hydrogen-bond donors (Lipinski definition) is 2. The summed E-state index contributed by atoms with van der Waals surface area (Å²) in [4.78, 5) is 39.3. The van der Waals surface area contributed by atoms with Gasteiger partial charge in [0.1, 0.15) is 0 Å². The van der Waals surface area contributed by atoms with Gasteiger partial charge in [-0.15, -0.1) is 0 Å². The lowest BCUT2D eigenvalue weighted by molar-refractivity contribution is -0.125. The Bertz CT molecular complexity index is 1290. The Morgan fingerprint density at radius 1 is 0.974 bits per heavy atom. The summed E-state index contributed by atoms with van der Waals surface area (Å²) in [5, 5.41) is 10.1. The summed E-state index contributed by atoms with van der Waals surface area (Å²) < 4.78 is 0. The van der Waals surface area contributed by atoms with Gasteiger partial charge in [0, 0.05) is 61.9 Å². The number of oxime groups is 1. The van der Waals surface area contributed by atoms with E-state index in [9.17, 15) is 9.59 Å². The van der Waals surface area contributed by atoms with Crippen molar-refractivity contribution in [3.63, 3.8) is 0 Å². The van der Waals surface area contributed by atoms with E-state index in [1.807, 2.05) is 60.7 Å². The summed E-state index contributed by atoms with van der Waals surface area (Å²) in [6, 6.07) is 19.3. The van der Waals surface area contributed by atoms with E-state index in [0.717, 1.165) is 48.6 Å². The highest BCUT2D eigenvalue weighted by atomic mass is 16.6. The van der Waals surface area contributed by atoms with Gasteiger partial charge in [0.25, 0.3) is 5.91 Å². The van der Waals surface area contributed by atoms with Gasteiger partial charge in [-0.1, -0.05) is 35.5 Å². The Balaban J connectivity index is 1.14. The van der Waals surface area contributed by atoms with Crippen LogP contribution in [0.1, 0.15) is 23.1 Å². The number of likely N-dealkylation sites (N-methyl/N-ethyl adjacent to an activating group) is 1. The number of amides is 2. The first kappa shape index (κ1) is 25.6. The van der Waals surface area contributed by atoms with E-state index in [4.69, 9.17) is 4.84 Å². The van der Waals surface area contributed by atoms with Crippen LogP contribution in [0.3, 0.4) is 0 Å². The van der Waals surface area contributed by atoms with Crippen LogP contribution in [0, 0.1) is 0 Å². The number of hydrogen-bond acceptors (Lipinski definition) is 7. The van der Waals surface area contributed by atoms with Gasteiger partial charge in [-0.3, -0.25) is 19.5 Å². The fourth-order valence-electron chi connectivity index (χ4n) is 4.57. The number of carbonyl (C=O) groups is 2. The summed E-state index contributed by atoms with van der Waals surface area (Å²) in [5.74, 6) is -0.237. The second-order valence-corrected chi connectivity index (χ2v) is 9.73. The fraction of sp³-hybridized carbons (Fsp3) is 0.310. The van der Waals surface area contributed by atoms with Crippen LogP contribution in [0.25, 0.3) is 0 Å². The Hall–Kier alpha value is -4.08. The van der Waals surface area contributed by atoms with Crippen molar-refractivity contribution in [1.29, 1.82) is 0 Å². The molecule has 0 spiro atoms. The molecule has 196 valence electrons. The van der Waals surface area contributed by atoms with E-state index in [0.29, 0.717) is 30.8 Å². The maximum Gasteiger partial charge on any atom is 0.268 e. The summed E-state index contributed by atoms with van der Waals surface area (Å²) >= 11 is 0. The topological polar surface area (TPSA) is 99.2 Å². The molecule has 0 radical (unpaired) electrons. The average Bonchev–Trinajstić information content (AvgIpc) is 3.43. The summed E-state index contributed by atoms with van der Waals surface area (Å²) in [6.07, 6.45) is 3.78. The number of nitrogens with one attached hydrogen (secondary N) is 2. The molecule has 1 unspecified atom stereocenters. The van der Waals surface area contributed by atoms with Crippen molar-refractivity contribution in [2.45, 2.75) is 18.9 Å². The van der Waals surface area contributed by atoms with Gasteiger partial charge >= 0.3 is 0 Å². The highest BCUT2D eigenvalue weighted by Crippen LogP contribution is 2.22. The zero-order valence-electron chi connectivity index (χ0n) is 21.5. The molecule has 1 atom stereocenters. The molecule has 3 heterocycles. The molecule has 2 N–H and O–H groups in total.